The number of hydrogen-bond donors (Lipinski definition) is 2. The highest BCUT2D eigenvalue weighted by Gasteiger charge is 2.19. The van der Waals surface area contributed by atoms with Gasteiger partial charge in [-0.2, -0.15) is 0 Å². The van der Waals surface area contributed by atoms with Crippen LogP contribution in [0, 0.1) is 5.92 Å². The lowest BCUT2D eigenvalue weighted by Crippen LogP contribution is -2.40. The summed E-state index contributed by atoms with van der Waals surface area (Å²) in [5.74, 6) is 0.707. The summed E-state index contributed by atoms with van der Waals surface area (Å²) < 4.78 is 5.59. The van der Waals surface area contributed by atoms with E-state index in [0.717, 1.165) is 6.42 Å². The molecule has 144 valence electrons. The maximum absolute atomic E-state index is 12.1. The molecule has 1 aromatic carbocycles. The summed E-state index contributed by atoms with van der Waals surface area (Å²) in [5, 5.41) is 3.54. The molecule has 2 unspecified atom stereocenters. The Kier molecular flexibility index (Phi) is 10.9. The summed E-state index contributed by atoms with van der Waals surface area (Å²) in [6, 6.07) is 7.87. The van der Waals surface area contributed by atoms with Gasteiger partial charge in [0.2, 0.25) is 11.8 Å². The van der Waals surface area contributed by atoms with E-state index >= 15 is 0 Å². The summed E-state index contributed by atoms with van der Waals surface area (Å²) in [6.07, 6.45) is 2.30. The van der Waals surface area contributed by atoms with Gasteiger partial charge < -0.3 is 15.8 Å². The van der Waals surface area contributed by atoms with E-state index in [4.69, 9.17) is 33.7 Å². The van der Waals surface area contributed by atoms with Gasteiger partial charge >= 0.3 is 0 Å². The van der Waals surface area contributed by atoms with Gasteiger partial charge in [0, 0.05) is 11.9 Å². The highest BCUT2D eigenvalue weighted by molar-refractivity contribution is 6.35. The van der Waals surface area contributed by atoms with Gasteiger partial charge in [0.1, 0.15) is 10.8 Å². The van der Waals surface area contributed by atoms with Crippen LogP contribution in [-0.2, 0) is 4.79 Å². The summed E-state index contributed by atoms with van der Waals surface area (Å²) in [4.78, 5) is 16.1. The number of nitrogens with one attached hydrogen (secondary N) is 1. The summed E-state index contributed by atoms with van der Waals surface area (Å²) >= 11 is 11.8. The van der Waals surface area contributed by atoms with Gasteiger partial charge in [-0.25, -0.2) is 4.98 Å². The van der Waals surface area contributed by atoms with Crippen molar-refractivity contribution < 1.29 is 9.53 Å². The van der Waals surface area contributed by atoms with Crippen LogP contribution in [0.3, 0.4) is 0 Å². The molecule has 0 fully saturated rings. The maximum atomic E-state index is 12.1. The van der Waals surface area contributed by atoms with Crippen LogP contribution in [0.25, 0.3) is 0 Å². The van der Waals surface area contributed by atoms with Crippen LogP contribution in [0.1, 0.15) is 20.3 Å². The van der Waals surface area contributed by atoms with Crippen molar-refractivity contribution in [1.29, 1.82) is 0 Å². The number of halogens is 4. The summed E-state index contributed by atoms with van der Waals surface area (Å²) in [6.45, 7) is 3.95. The lowest BCUT2D eigenvalue weighted by atomic mass is 9.99. The Morgan fingerprint density at radius 3 is 2.42 bits per heavy atom. The van der Waals surface area contributed by atoms with Crippen molar-refractivity contribution >= 4 is 59.6 Å². The Morgan fingerprint density at radius 2 is 1.88 bits per heavy atom. The smallest absolute Gasteiger partial charge is 0.241 e. The molecular weight excluding hydrogens is 420 g/mol. The SMILES string of the molecule is CCC(C)C(N)C(=O)Nc1ccc(Oc2ncc(Cl)cc2Cl)cc1.Cl.Cl. The minimum atomic E-state index is -0.539. The van der Waals surface area contributed by atoms with Crippen LogP contribution < -0.4 is 15.8 Å². The molecule has 0 saturated carbocycles. The zero-order valence-electron chi connectivity index (χ0n) is 14.2. The van der Waals surface area contributed by atoms with E-state index in [1.807, 2.05) is 13.8 Å². The van der Waals surface area contributed by atoms with E-state index in [0.29, 0.717) is 21.5 Å². The number of ether oxygens (including phenoxy) is 1. The third-order valence-electron chi connectivity index (χ3n) is 3.67. The fraction of sp³-hybridized carbons (Fsp3) is 0.294. The van der Waals surface area contributed by atoms with Gasteiger partial charge in [0.15, 0.2) is 0 Å². The molecule has 0 spiro atoms. The minimum absolute atomic E-state index is 0. The predicted octanol–water partition coefficient (Wildman–Crippen LogP) is 5.34. The van der Waals surface area contributed by atoms with Crippen molar-refractivity contribution in [2.75, 3.05) is 5.32 Å². The van der Waals surface area contributed by atoms with Crippen molar-refractivity contribution in [3.8, 4) is 11.6 Å². The number of benzene rings is 1. The van der Waals surface area contributed by atoms with Crippen LogP contribution in [-0.4, -0.2) is 16.9 Å². The number of carbonyl (C=O) groups excluding carboxylic acids is 1. The highest BCUT2D eigenvalue weighted by Crippen LogP contribution is 2.29. The molecule has 26 heavy (non-hydrogen) atoms. The number of nitrogens with zero attached hydrogens (tertiary/aromatic N) is 1. The van der Waals surface area contributed by atoms with Gasteiger partial charge in [-0.15, -0.1) is 24.8 Å². The molecule has 0 aliphatic carbocycles. The number of pyridine rings is 1. The maximum Gasteiger partial charge on any atom is 0.241 e. The van der Waals surface area contributed by atoms with E-state index < -0.39 is 6.04 Å². The second-order valence-corrected chi connectivity index (χ2v) is 6.31. The van der Waals surface area contributed by atoms with Crippen LogP contribution >= 0.6 is 48.0 Å². The van der Waals surface area contributed by atoms with E-state index in [-0.39, 0.29) is 42.5 Å². The molecular formula is C17H21Cl4N3O2. The van der Waals surface area contributed by atoms with Crippen LogP contribution in [0.2, 0.25) is 10.0 Å². The van der Waals surface area contributed by atoms with E-state index in [2.05, 4.69) is 10.3 Å². The quantitative estimate of drug-likeness (QED) is 0.635. The molecule has 2 aromatic rings. The van der Waals surface area contributed by atoms with Gasteiger partial charge in [-0.05, 0) is 36.2 Å². The van der Waals surface area contributed by atoms with Crippen LogP contribution in [0.4, 0.5) is 5.69 Å². The number of amides is 1. The number of hydrogen-bond acceptors (Lipinski definition) is 4. The molecule has 3 N–H and O–H groups in total. The number of aromatic nitrogens is 1. The first-order valence-electron chi connectivity index (χ1n) is 7.56. The fourth-order valence-corrected chi connectivity index (χ4v) is 2.35. The Bertz CT molecular complexity index is 714. The fourth-order valence-electron chi connectivity index (χ4n) is 1.93. The molecule has 2 atom stereocenters. The molecule has 0 aliphatic heterocycles. The zero-order chi connectivity index (χ0) is 17.7. The summed E-state index contributed by atoms with van der Waals surface area (Å²) in [7, 11) is 0. The second kappa shape index (κ2) is 11.5. The Labute approximate surface area is 175 Å². The molecule has 0 saturated heterocycles. The topological polar surface area (TPSA) is 77.2 Å². The van der Waals surface area contributed by atoms with Crippen LogP contribution in [0.5, 0.6) is 11.6 Å². The standard InChI is InChI=1S/C17H19Cl2N3O2.2ClH/c1-3-10(2)15(20)16(23)22-12-4-6-13(7-5-12)24-17-14(19)8-11(18)9-21-17;;/h4-10,15H,3,20H2,1-2H3,(H,22,23);2*1H. The Balaban J connectivity index is 0.00000312. The lowest BCUT2D eigenvalue weighted by molar-refractivity contribution is -0.118. The summed E-state index contributed by atoms with van der Waals surface area (Å²) in [5.41, 5.74) is 6.55. The van der Waals surface area contributed by atoms with Gasteiger partial charge in [-0.3, -0.25) is 4.79 Å². The van der Waals surface area contributed by atoms with Crippen molar-refractivity contribution in [2.45, 2.75) is 26.3 Å². The highest BCUT2D eigenvalue weighted by atomic mass is 35.5. The van der Waals surface area contributed by atoms with E-state index in [9.17, 15) is 4.79 Å². The normalized spacial score (nSPS) is 12.2. The first-order chi connectivity index (χ1) is 11.4. The van der Waals surface area contributed by atoms with Crippen molar-refractivity contribution in [2.24, 2.45) is 11.7 Å². The minimum Gasteiger partial charge on any atom is -0.438 e. The molecule has 2 rings (SSSR count). The molecule has 1 aromatic heterocycles. The first-order valence-corrected chi connectivity index (χ1v) is 8.31. The molecule has 1 heterocycles. The van der Waals surface area contributed by atoms with Crippen molar-refractivity contribution in [3.05, 3.63) is 46.6 Å². The number of rotatable bonds is 6. The molecule has 0 bridgehead atoms. The molecule has 9 heteroatoms. The molecule has 5 nitrogen and oxygen atoms in total. The zero-order valence-corrected chi connectivity index (χ0v) is 17.4. The Hall–Kier alpha value is -1.24. The molecule has 1 amide bonds. The van der Waals surface area contributed by atoms with E-state index in [1.54, 1.807) is 30.3 Å². The predicted molar refractivity (Wildman–Crippen MR) is 111 cm³/mol. The van der Waals surface area contributed by atoms with Gasteiger partial charge in [-0.1, -0.05) is 43.5 Å². The van der Waals surface area contributed by atoms with Crippen molar-refractivity contribution in [1.82, 2.24) is 4.98 Å². The largest absolute Gasteiger partial charge is 0.438 e. The molecule has 0 aliphatic rings. The number of nitrogens with two attached hydrogens (primary N) is 1. The Morgan fingerprint density at radius 1 is 1.27 bits per heavy atom. The number of anilines is 1. The third kappa shape index (κ3) is 6.82. The van der Waals surface area contributed by atoms with E-state index in [1.165, 1.54) is 6.20 Å². The van der Waals surface area contributed by atoms with Gasteiger partial charge in [0.25, 0.3) is 0 Å². The average molecular weight is 441 g/mol. The second-order valence-electron chi connectivity index (χ2n) is 5.47. The van der Waals surface area contributed by atoms with Gasteiger partial charge in [0.05, 0.1) is 11.1 Å². The number of carbonyl (C=O) groups is 1. The lowest BCUT2D eigenvalue weighted by Gasteiger charge is -2.17. The average Bonchev–Trinajstić information content (AvgIpc) is 2.57. The van der Waals surface area contributed by atoms with Crippen LogP contribution in [0.15, 0.2) is 36.5 Å². The first kappa shape index (κ1) is 24.8. The molecule has 0 radical (unpaired) electrons. The monoisotopic (exact) mass is 439 g/mol. The van der Waals surface area contributed by atoms with Crippen molar-refractivity contribution in [3.63, 3.8) is 0 Å². The third-order valence-corrected chi connectivity index (χ3v) is 4.15.